The molecule has 2 aliphatic rings. The third kappa shape index (κ3) is 6.29. The van der Waals surface area contributed by atoms with Crippen molar-refractivity contribution in [3.8, 4) is 0 Å². The molecule has 0 amide bonds. The average Bonchev–Trinajstić information content (AvgIpc) is 2.84. The van der Waals surface area contributed by atoms with E-state index in [-0.39, 0.29) is 12.1 Å². The molecule has 1 heterocycles. The molecule has 3 heteroatoms. The van der Waals surface area contributed by atoms with Gasteiger partial charge in [-0.05, 0) is 50.9 Å². The summed E-state index contributed by atoms with van der Waals surface area (Å²) in [6.45, 7) is 6.33. The number of hydrogen-bond acceptors (Lipinski definition) is 3. The number of aliphatic hydroxyl groups is 1. The number of carbonyl (C=O) groups excluding carboxylic acids is 1. The van der Waals surface area contributed by atoms with Crippen molar-refractivity contribution in [3.63, 3.8) is 0 Å². The number of unbranched alkanes of at least 4 members (excludes halogenated alkanes) is 2. The van der Waals surface area contributed by atoms with E-state index in [4.69, 9.17) is 4.74 Å². The lowest BCUT2D eigenvalue weighted by molar-refractivity contribution is -0.151. The van der Waals surface area contributed by atoms with Crippen molar-refractivity contribution >= 4 is 5.97 Å². The van der Waals surface area contributed by atoms with Gasteiger partial charge in [-0.2, -0.15) is 0 Å². The average molecular weight is 349 g/mol. The first-order valence-electron chi connectivity index (χ1n) is 10.2. The summed E-state index contributed by atoms with van der Waals surface area (Å²) in [6, 6.07) is 0. The van der Waals surface area contributed by atoms with Gasteiger partial charge in [-0.15, -0.1) is 0 Å². The fourth-order valence-electron chi connectivity index (χ4n) is 4.24. The molecule has 142 valence electrons. The van der Waals surface area contributed by atoms with Crippen molar-refractivity contribution in [1.82, 2.24) is 0 Å². The SMILES string of the molecule is CCCCC[C@](C)(O)/C=C/[C@@H]1[C@H]2C/C=C\CCCC(=O)O[C@H]2C[C@H]1C. The lowest BCUT2D eigenvalue weighted by atomic mass is 9.85. The van der Waals surface area contributed by atoms with Crippen LogP contribution < -0.4 is 0 Å². The Balaban J connectivity index is 2.06. The Kier molecular flexibility index (Phi) is 7.74. The first-order chi connectivity index (χ1) is 11.9. The van der Waals surface area contributed by atoms with Crippen molar-refractivity contribution < 1.29 is 14.6 Å². The quantitative estimate of drug-likeness (QED) is 0.408. The van der Waals surface area contributed by atoms with Crippen LogP contribution in [0.5, 0.6) is 0 Å². The van der Waals surface area contributed by atoms with Gasteiger partial charge in [-0.25, -0.2) is 0 Å². The van der Waals surface area contributed by atoms with Gasteiger partial charge in [-0.3, -0.25) is 4.79 Å². The Morgan fingerprint density at radius 3 is 2.92 bits per heavy atom. The second-order valence-corrected chi connectivity index (χ2v) is 8.26. The molecule has 0 aromatic carbocycles. The minimum atomic E-state index is -0.741. The second kappa shape index (κ2) is 9.56. The Hall–Kier alpha value is -1.09. The molecule has 3 nitrogen and oxygen atoms in total. The first kappa shape index (κ1) is 20.2. The molecule has 0 saturated heterocycles. The van der Waals surface area contributed by atoms with Gasteiger partial charge in [0.1, 0.15) is 6.10 Å². The van der Waals surface area contributed by atoms with E-state index in [0.717, 1.165) is 44.9 Å². The zero-order valence-electron chi connectivity index (χ0n) is 16.2. The van der Waals surface area contributed by atoms with Crippen molar-refractivity contribution in [2.45, 2.75) is 90.3 Å². The van der Waals surface area contributed by atoms with Crippen molar-refractivity contribution in [2.75, 3.05) is 0 Å². The summed E-state index contributed by atoms with van der Waals surface area (Å²) in [5, 5.41) is 10.6. The summed E-state index contributed by atoms with van der Waals surface area (Å²) < 4.78 is 5.79. The molecule has 0 unspecified atom stereocenters. The second-order valence-electron chi connectivity index (χ2n) is 8.26. The number of ether oxygens (including phenoxy) is 1. The summed E-state index contributed by atoms with van der Waals surface area (Å²) >= 11 is 0. The third-order valence-corrected chi connectivity index (χ3v) is 5.81. The van der Waals surface area contributed by atoms with Gasteiger partial charge in [0.2, 0.25) is 0 Å². The van der Waals surface area contributed by atoms with Crippen molar-refractivity contribution in [3.05, 3.63) is 24.3 Å². The maximum atomic E-state index is 12.0. The number of allylic oxidation sites excluding steroid dienone is 3. The van der Waals surface area contributed by atoms with Gasteiger partial charge in [0, 0.05) is 12.3 Å². The zero-order valence-corrected chi connectivity index (χ0v) is 16.2. The van der Waals surface area contributed by atoms with Gasteiger partial charge in [-0.1, -0.05) is 57.4 Å². The van der Waals surface area contributed by atoms with Crippen LogP contribution in [0.1, 0.15) is 78.6 Å². The van der Waals surface area contributed by atoms with Crippen LogP contribution in [-0.2, 0) is 9.53 Å². The van der Waals surface area contributed by atoms with Gasteiger partial charge in [0.05, 0.1) is 5.60 Å². The Labute approximate surface area is 153 Å². The van der Waals surface area contributed by atoms with E-state index in [1.807, 2.05) is 13.0 Å². The molecule has 1 aliphatic heterocycles. The Morgan fingerprint density at radius 2 is 2.16 bits per heavy atom. The summed E-state index contributed by atoms with van der Waals surface area (Å²) in [4.78, 5) is 12.0. The maximum absolute atomic E-state index is 12.0. The first-order valence-corrected chi connectivity index (χ1v) is 10.2. The number of carbonyl (C=O) groups is 1. The summed E-state index contributed by atoms with van der Waals surface area (Å²) in [7, 11) is 0. The van der Waals surface area contributed by atoms with E-state index < -0.39 is 5.60 Å². The molecule has 1 aliphatic carbocycles. The maximum Gasteiger partial charge on any atom is 0.306 e. The standard InChI is InChI=1S/C22H36O3/c1-4-5-10-14-22(3,24)15-13-18-17(2)16-20-19(18)11-8-6-7-9-12-21(23)25-20/h6,8,13,15,17-20,24H,4-5,7,9-12,14,16H2,1-3H3/b8-6-,15-13+/t17-,18+,19-,20+,22+/m1/s1. The minimum absolute atomic E-state index is 0.0185. The monoisotopic (exact) mass is 348 g/mol. The van der Waals surface area contributed by atoms with Crippen LogP contribution in [0, 0.1) is 17.8 Å². The Morgan fingerprint density at radius 1 is 1.36 bits per heavy atom. The van der Waals surface area contributed by atoms with E-state index in [1.54, 1.807) is 0 Å². The molecule has 0 bridgehead atoms. The van der Waals surface area contributed by atoms with Crippen LogP contribution in [0.2, 0.25) is 0 Å². The summed E-state index contributed by atoms with van der Waals surface area (Å²) in [5.41, 5.74) is -0.741. The zero-order chi connectivity index (χ0) is 18.3. The highest BCUT2D eigenvalue weighted by Gasteiger charge is 2.41. The predicted molar refractivity (Wildman–Crippen MR) is 102 cm³/mol. The van der Waals surface area contributed by atoms with E-state index in [2.05, 4.69) is 32.1 Å². The van der Waals surface area contributed by atoms with Gasteiger partial charge in [0.25, 0.3) is 0 Å². The van der Waals surface area contributed by atoms with Crippen molar-refractivity contribution in [1.29, 1.82) is 0 Å². The summed E-state index contributed by atoms with van der Waals surface area (Å²) in [6.07, 6.45) is 17.1. The molecular formula is C22H36O3. The smallest absolute Gasteiger partial charge is 0.306 e. The lowest BCUT2D eigenvalue weighted by Gasteiger charge is -2.25. The van der Waals surface area contributed by atoms with Gasteiger partial charge >= 0.3 is 5.97 Å². The molecular weight excluding hydrogens is 312 g/mol. The van der Waals surface area contributed by atoms with Crippen LogP contribution in [0.3, 0.4) is 0 Å². The molecule has 0 radical (unpaired) electrons. The highest BCUT2D eigenvalue weighted by molar-refractivity contribution is 5.69. The molecule has 25 heavy (non-hydrogen) atoms. The molecule has 2 rings (SSSR count). The number of fused-ring (bicyclic) bond motifs is 1. The fourth-order valence-corrected chi connectivity index (χ4v) is 4.24. The molecule has 0 aromatic heterocycles. The topological polar surface area (TPSA) is 46.5 Å². The highest BCUT2D eigenvalue weighted by Crippen LogP contribution is 2.42. The number of hydrogen-bond donors (Lipinski definition) is 1. The lowest BCUT2D eigenvalue weighted by Crippen LogP contribution is -2.26. The number of rotatable bonds is 6. The summed E-state index contributed by atoms with van der Waals surface area (Å²) in [5.74, 6) is 1.11. The van der Waals surface area contributed by atoms with Crippen LogP contribution in [0.4, 0.5) is 0 Å². The van der Waals surface area contributed by atoms with E-state index in [0.29, 0.717) is 24.2 Å². The molecule has 1 saturated carbocycles. The molecule has 0 spiro atoms. The van der Waals surface area contributed by atoms with Gasteiger partial charge in [0.15, 0.2) is 0 Å². The van der Waals surface area contributed by atoms with Gasteiger partial charge < -0.3 is 9.84 Å². The molecule has 1 N–H and O–H groups in total. The predicted octanol–water partition coefficient (Wildman–Crippen LogP) is 5.19. The van der Waals surface area contributed by atoms with Crippen molar-refractivity contribution in [2.24, 2.45) is 17.8 Å². The molecule has 5 atom stereocenters. The normalized spacial score (nSPS) is 34.3. The van der Waals surface area contributed by atoms with Crippen LogP contribution >= 0.6 is 0 Å². The van der Waals surface area contributed by atoms with E-state index >= 15 is 0 Å². The van der Waals surface area contributed by atoms with Crippen LogP contribution in [0.25, 0.3) is 0 Å². The largest absolute Gasteiger partial charge is 0.462 e. The van der Waals surface area contributed by atoms with Crippen LogP contribution in [0.15, 0.2) is 24.3 Å². The molecule has 1 fully saturated rings. The number of esters is 1. The minimum Gasteiger partial charge on any atom is -0.462 e. The Bertz CT molecular complexity index is 478. The highest BCUT2D eigenvalue weighted by atomic mass is 16.5. The fraction of sp³-hybridized carbons (Fsp3) is 0.773. The molecule has 0 aromatic rings. The van der Waals surface area contributed by atoms with E-state index in [1.165, 1.54) is 6.42 Å². The van der Waals surface area contributed by atoms with E-state index in [9.17, 15) is 9.90 Å². The van der Waals surface area contributed by atoms with Crippen LogP contribution in [-0.4, -0.2) is 22.8 Å². The third-order valence-electron chi connectivity index (χ3n) is 5.81.